The van der Waals surface area contributed by atoms with Crippen LogP contribution >= 0.6 is 24.2 Å². The fraction of sp³-hybridized carbons (Fsp3) is 0.464. The largest absolute Gasteiger partial charge is 0.478 e. The maximum absolute atomic E-state index is 14.0. The van der Waals surface area contributed by atoms with Gasteiger partial charge in [-0.3, -0.25) is 9.59 Å². The molecule has 2 aromatic rings. The van der Waals surface area contributed by atoms with Crippen molar-refractivity contribution >= 4 is 42.0 Å². The van der Waals surface area contributed by atoms with Gasteiger partial charge in [-0.1, -0.05) is 26.0 Å². The van der Waals surface area contributed by atoms with E-state index in [0.29, 0.717) is 24.1 Å². The molecular weight excluding hydrogens is 583 g/mol. The van der Waals surface area contributed by atoms with Crippen molar-refractivity contribution in [1.29, 1.82) is 0 Å². The molecule has 0 radical (unpaired) electrons. The van der Waals surface area contributed by atoms with Gasteiger partial charge in [0.15, 0.2) is 23.1 Å². The van der Waals surface area contributed by atoms with Crippen molar-refractivity contribution in [3.8, 4) is 5.75 Å². The van der Waals surface area contributed by atoms with Crippen molar-refractivity contribution in [1.82, 2.24) is 10.2 Å². The van der Waals surface area contributed by atoms with Crippen LogP contribution in [0.1, 0.15) is 38.3 Å². The first-order valence-corrected chi connectivity index (χ1v) is 14.0. The maximum atomic E-state index is 14.0. The Morgan fingerprint density at radius 1 is 1.10 bits per heavy atom. The summed E-state index contributed by atoms with van der Waals surface area (Å²) in [5.74, 6) is -3.64. The number of hydrogen-bond donors (Lipinski definition) is 2. The summed E-state index contributed by atoms with van der Waals surface area (Å²) in [6.45, 7) is 6.27. The molecule has 1 unspecified atom stereocenters. The Bertz CT molecular complexity index is 1210. The predicted molar refractivity (Wildman–Crippen MR) is 152 cm³/mol. The number of thioether (sulfide) groups is 1. The van der Waals surface area contributed by atoms with Crippen molar-refractivity contribution in [2.24, 2.45) is 11.7 Å². The Labute approximate surface area is 247 Å². The lowest BCUT2D eigenvalue weighted by molar-refractivity contribution is -0.153. The highest BCUT2D eigenvalue weighted by Crippen LogP contribution is 2.26. The van der Waals surface area contributed by atoms with Gasteiger partial charge in [0, 0.05) is 43.3 Å². The minimum absolute atomic E-state index is 0. The summed E-state index contributed by atoms with van der Waals surface area (Å²) in [6.07, 6.45) is -1.09. The van der Waals surface area contributed by atoms with Crippen molar-refractivity contribution < 1.29 is 37.0 Å². The molecule has 2 amide bonds. The Balaban J connectivity index is 0.00000588. The molecule has 0 spiro atoms. The van der Waals surface area contributed by atoms with Gasteiger partial charge in [0.05, 0.1) is 6.61 Å². The molecule has 1 aliphatic rings. The monoisotopic (exact) mass is 617 g/mol. The zero-order valence-electron chi connectivity index (χ0n) is 23.0. The van der Waals surface area contributed by atoms with E-state index in [1.54, 1.807) is 31.2 Å². The van der Waals surface area contributed by atoms with E-state index in [-0.39, 0.29) is 61.7 Å². The van der Waals surface area contributed by atoms with Crippen LogP contribution in [0.15, 0.2) is 36.4 Å². The van der Waals surface area contributed by atoms with Crippen LogP contribution in [0.2, 0.25) is 0 Å². The van der Waals surface area contributed by atoms with Crippen LogP contribution < -0.4 is 15.8 Å². The second-order valence-electron chi connectivity index (χ2n) is 9.73. The molecule has 0 aromatic heterocycles. The molecule has 0 bridgehead atoms. The Morgan fingerprint density at radius 2 is 1.76 bits per heavy atom. The van der Waals surface area contributed by atoms with Crippen LogP contribution in [0.5, 0.6) is 5.75 Å². The van der Waals surface area contributed by atoms with Crippen molar-refractivity contribution in [3.63, 3.8) is 0 Å². The van der Waals surface area contributed by atoms with E-state index >= 15 is 0 Å². The summed E-state index contributed by atoms with van der Waals surface area (Å²) < 4.78 is 51.5. The first-order chi connectivity index (χ1) is 19.0. The van der Waals surface area contributed by atoms with E-state index in [2.05, 4.69) is 5.32 Å². The molecule has 13 heteroatoms. The molecule has 226 valence electrons. The third kappa shape index (κ3) is 9.54. The number of hydrogen-bond acceptors (Lipinski definition) is 7. The third-order valence-corrected chi connectivity index (χ3v) is 7.42. The number of halogens is 4. The number of nitrogens with zero attached hydrogens (tertiary/aromatic N) is 1. The quantitative estimate of drug-likeness (QED) is 0.274. The summed E-state index contributed by atoms with van der Waals surface area (Å²) in [5, 5.41) is 2.07. The standard InChI is InChI=1S/C28H34F3N3O5S.ClH/c1-4-38-28(37)25(16(2)3)39-20-7-5-17(6-8-20)15-33-26(36)27-34(9-10-40-27)24(35)13-19(32)11-18-12-22(30)23(31)14-21(18)29;/h5-8,12,14,16,19,25,27H,4,9-11,13,15,32H2,1-3H3,(H,33,36);1H/t19-,25+,27?;/m1./s1. The first-order valence-electron chi connectivity index (χ1n) is 13.0. The lowest BCUT2D eigenvalue weighted by Gasteiger charge is -2.24. The van der Waals surface area contributed by atoms with E-state index < -0.39 is 40.9 Å². The molecule has 2 aromatic carbocycles. The van der Waals surface area contributed by atoms with Gasteiger partial charge >= 0.3 is 5.97 Å². The number of nitrogens with two attached hydrogens (primary N) is 1. The van der Waals surface area contributed by atoms with E-state index in [9.17, 15) is 27.6 Å². The topological polar surface area (TPSA) is 111 Å². The SMILES string of the molecule is CCOC(=O)[C@@H](Oc1ccc(CNC(=O)C2SCCN2C(=O)C[C@H](N)Cc2cc(F)c(F)cc2F)cc1)C(C)C.Cl. The zero-order chi connectivity index (χ0) is 29.4. The van der Waals surface area contributed by atoms with Gasteiger partial charge in [0.25, 0.3) is 5.91 Å². The molecule has 3 N–H and O–H groups in total. The van der Waals surface area contributed by atoms with Gasteiger partial charge in [-0.05, 0) is 42.7 Å². The average Bonchev–Trinajstić information content (AvgIpc) is 3.40. The van der Waals surface area contributed by atoms with Crippen LogP contribution in [-0.4, -0.2) is 59.1 Å². The normalized spacial score (nSPS) is 16.1. The third-order valence-electron chi connectivity index (χ3n) is 6.22. The van der Waals surface area contributed by atoms with Crippen LogP contribution in [0.25, 0.3) is 0 Å². The minimum atomic E-state index is -1.30. The van der Waals surface area contributed by atoms with E-state index in [1.807, 2.05) is 13.8 Å². The summed E-state index contributed by atoms with van der Waals surface area (Å²) >= 11 is 1.31. The predicted octanol–water partition coefficient (Wildman–Crippen LogP) is 3.97. The van der Waals surface area contributed by atoms with E-state index in [1.165, 1.54) is 16.7 Å². The molecule has 8 nitrogen and oxygen atoms in total. The van der Waals surface area contributed by atoms with Crippen LogP contribution in [-0.2, 0) is 32.1 Å². The smallest absolute Gasteiger partial charge is 0.347 e. The molecule has 0 aliphatic carbocycles. The van der Waals surface area contributed by atoms with E-state index in [4.69, 9.17) is 15.2 Å². The molecule has 1 saturated heterocycles. The number of carbonyl (C=O) groups excluding carboxylic acids is 3. The molecular formula is C28H35ClF3N3O5S. The van der Waals surface area contributed by atoms with Crippen molar-refractivity contribution in [3.05, 3.63) is 65.0 Å². The average molecular weight is 618 g/mol. The number of nitrogens with one attached hydrogen (secondary N) is 1. The molecule has 1 aliphatic heterocycles. The number of ether oxygens (including phenoxy) is 2. The fourth-order valence-corrected chi connectivity index (χ4v) is 5.31. The highest BCUT2D eigenvalue weighted by Gasteiger charge is 2.35. The van der Waals surface area contributed by atoms with Gasteiger partial charge in [-0.15, -0.1) is 24.2 Å². The van der Waals surface area contributed by atoms with E-state index in [0.717, 1.165) is 11.6 Å². The zero-order valence-corrected chi connectivity index (χ0v) is 24.7. The second kappa shape index (κ2) is 15.9. The maximum Gasteiger partial charge on any atom is 0.347 e. The Kier molecular flexibility index (Phi) is 13.3. The van der Waals surface area contributed by atoms with Gasteiger partial charge in [0.1, 0.15) is 11.6 Å². The van der Waals surface area contributed by atoms with Crippen LogP contribution in [0.4, 0.5) is 13.2 Å². The lowest BCUT2D eigenvalue weighted by atomic mass is 10.0. The molecule has 1 heterocycles. The first kappa shape index (κ1) is 34.2. The van der Waals surface area contributed by atoms with Crippen molar-refractivity contribution in [2.45, 2.75) is 57.7 Å². The number of carbonyl (C=O) groups is 3. The molecule has 3 rings (SSSR count). The van der Waals surface area contributed by atoms with Gasteiger partial charge < -0.3 is 25.4 Å². The molecule has 1 fully saturated rings. The number of esters is 1. The number of amides is 2. The molecule has 0 saturated carbocycles. The summed E-state index contributed by atoms with van der Waals surface area (Å²) in [4.78, 5) is 39.3. The molecule has 3 atom stereocenters. The van der Waals surface area contributed by atoms with Gasteiger partial charge in [0.2, 0.25) is 5.91 Å². The summed E-state index contributed by atoms with van der Waals surface area (Å²) in [7, 11) is 0. The highest BCUT2D eigenvalue weighted by atomic mass is 35.5. The minimum Gasteiger partial charge on any atom is -0.478 e. The van der Waals surface area contributed by atoms with Crippen LogP contribution in [0, 0.1) is 23.4 Å². The van der Waals surface area contributed by atoms with Crippen LogP contribution in [0.3, 0.4) is 0 Å². The Morgan fingerprint density at radius 3 is 2.39 bits per heavy atom. The number of rotatable bonds is 12. The van der Waals surface area contributed by atoms with Crippen molar-refractivity contribution in [2.75, 3.05) is 18.9 Å². The summed E-state index contributed by atoms with van der Waals surface area (Å²) in [6, 6.07) is 7.27. The molecule has 41 heavy (non-hydrogen) atoms. The van der Waals surface area contributed by atoms with Gasteiger partial charge in [-0.2, -0.15) is 0 Å². The lowest BCUT2D eigenvalue weighted by Crippen LogP contribution is -2.46. The highest BCUT2D eigenvalue weighted by molar-refractivity contribution is 8.00. The number of benzene rings is 2. The van der Waals surface area contributed by atoms with Gasteiger partial charge in [-0.25, -0.2) is 18.0 Å². The second-order valence-corrected chi connectivity index (χ2v) is 10.9. The Hall–Kier alpha value is -2.96. The fourth-order valence-electron chi connectivity index (χ4n) is 4.15. The summed E-state index contributed by atoms with van der Waals surface area (Å²) in [5.41, 5.74) is 6.67.